The number of nitrogens with zero attached hydrogens (tertiary/aromatic N) is 3. The minimum Gasteiger partial charge on any atom is -0.296 e. The second-order valence-corrected chi connectivity index (χ2v) is 10.3. The maximum absolute atomic E-state index is 13.3. The topological polar surface area (TPSA) is 38.1 Å². The predicted octanol–water partition coefficient (Wildman–Crippen LogP) is 5.50. The van der Waals surface area contributed by atoms with E-state index < -0.39 is 0 Å². The van der Waals surface area contributed by atoms with Gasteiger partial charge in [-0.3, -0.25) is 9.69 Å². The maximum Gasteiger partial charge on any atom is 0.197 e. The van der Waals surface area contributed by atoms with Crippen molar-refractivity contribution in [2.75, 3.05) is 19.6 Å². The summed E-state index contributed by atoms with van der Waals surface area (Å²) in [6, 6.07) is 2.23. The summed E-state index contributed by atoms with van der Waals surface area (Å²) in [5, 5.41) is 5.58. The number of piperidine rings is 1. The molecule has 0 saturated carbocycles. The van der Waals surface area contributed by atoms with Crippen molar-refractivity contribution in [1.82, 2.24) is 14.7 Å². The molecule has 4 nitrogen and oxygen atoms in total. The Kier molecular flexibility index (Phi) is 5.01. The Balaban J connectivity index is 1.56. The number of halogens is 1. The van der Waals surface area contributed by atoms with E-state index >= 15 is 0 Å². The van der Waals surface area contributed by atoms with E-state index in [1.165, 1.54) is 34.6 Å². The van der Waals surface area contributed by atoms with Gasteiger partial charge >= 0.3 is 0 Å². The van der Waals surface area contributed by atoms with Crippen LogP contribution in [-0.4, -0.2) is 40.1 Å². The number of ketones is 1. The number of aromatic nitrogens is 2. The van der Waals surface area contributed by atoms with Crippen molar-refractivity contribution in [3.8, 4) is 11.3 Å². The van der Waals surface area contributed by atoms with Gasteiger partial charge in [0.2, 0.25) is 0 Å². The first-order chi connectivity index (χ1) is 14.0. The van der Waals surface area contributed by atoms with Gasteiger partial charge in [-0.2, -0.15) is 5.10 Å². The van der Waals surface area contributed by atoms with Crippen molar-refractivity contribution < 1.29 is 4.79 Å². The van der Waals surface area contributed by atoms with Crippen molar-refractivity contribution in [3.05, 3.63) is 44.3 Å². The quantitative estimate of drug-likeness (QED) is 0.516. The fraction of sp³-hybridized carbons (Fsp3) is 0.478. The van der Waals surface area contributed by atoms with Crippen LogP contribution in [0.15, 0.2) is 23.3 Å². The first-order valence-corrected chi connectivity index (χ1v) is 11.8. The highest BCUT2D eigenvalue weighted by molar-refractivity contribution is 7.12. The van der Waals surface area contributed by atoms with Crippen LogP contribution in [0.5, 0.6) is 0 Å². The first kappa shape index (κ1) is 19.3. The van der Waals surface area contributed by atoms with E-state index in [4.69, 9.17) is 16.7 Å². The van der Waals surface area contributed by atoms with Gasteiger partial charge in [-0.05, 0) is 51.3 Å². The number of carbonyl (C=O) groups is 1. The minimum absolute atomic E-state index is 0.138. The van der Waals surface area contributed by atoms with Crippen LogP contribution < -0.4 is 0 Å². The largest absolute Gasteiger partial charge is 0.296 e. The van der Waals surface area contributed by atoms with Crippen LogP contribution in [0.4, 0.5) is 0 Å². The normalized spacial score (nSPS) is 21.6. The molecule has 1 atom stereocenters. The number of fused-ring (bicyclic) bond motifs is 3. The molecule has 3 aliphatic rings. The fourth-order valence-electron chi connectivity index (χ4n) is 4.73. The molecule has 0 amide bonds. The average molecular weight is 428 g/mol. The molecule has 152 valence electrons. The molecule has 1 fully saturated rings. The molecular formula is C23H26ClN3OS. The lowest BCUT2D eigenvalue weighted by Gasteiger charge is -2.25. The van der Waals surface area contributed by atoms with Gasteiger partial charge in [-0.25, -0.2) is 4.68 Å². The summed E-state index contributed by atoms with van der Waals surface area (Å²) < 4.78 is 1.95. The van der Waals surface area contributed by atoms with Gasteiger partial charge in [0.25, 0.3) is 0 Å². The second kappa shape index (κ2) is 7.53. The summed E-state index contributed by atoms with van der Waals surface area (Å²) >= 11 is 8.45. The number of thiophene rings is 1. The van der Waals surface area contributed by atoms with Gasteiger partial charge in [-0.1, -0.05) is 37.1 Å². The molecule has 0 radical (unpaired) electrons. The molecule has 1 unspecified atom stereocenters. The third-order valence-electron chi connectivity index (χ3n) is 6.17. The zero-order valence-corrected chi connectivity index (χ0v) is 18.6. The van der Waals surface area contributed by atoms with Gasteiger partial charge < -0.3 is 0 Å². The van der Waals surface area contributed by atoms with E-state index in [0.29, 0.717) is 18.2 Å². The van der Waals surface area contributed by atoms with E-state index in [1.807, 2.05) is 16.0 Å². The Morgan fingerprint density at radius 1 is 1.31 bits per heavy atom. The summed E-state index contributed by atoms with van der Waals surface area (Å²) in [5.41, 5.74) is 4.91. The van der Waals surface area contributed by atoms with Crippen molar-refractivity contribution in [3.63, 3.8) is 0 Å². The monoisotopic (exact) mass is 427 g/mol. The maximum atomic E-state index is 13.3. The molecule has 6 heteroatoms. The number of rotatable bonds is 4. The number of carbonyl (C=O) groups excluding carboxylic acids is 1. The van der Waals surface area contributed by atoms with Crippen LogP contribution in [0.1, 0.15) is 58.4 Å². The Labute approximate surface area is 180 Å². The number of likely N-dealkylation sites (tertiary alicyclic amines) is 1. The predicted molar refractivity (Wildman–Crippen MR) is 120 cm³/mol. The summed E-state index contributed by atoms with van der Waals surface area (Å²) in [5.74, 6) is 0.563. The third-order valence-corrected chi connectivity index (χ3v) is 7.54. The zero-order valence-electron chi connectivity index (χ0n) is 17.0. The Bertz CT molecular complexity index is 1040. The molecule has 0 spiro atoms. The molecule has 5 rings (SSSR count). The summed E-state index contributed by atoms with van der Waals surface area (Å²) in [7, 11) is 0. The standard InChI is InChI=1S/C23H26ClN3OS/c1-14-6-7-19(18(24)10-14)27-23-16-11-15(2)29-21(16)12-17(23)22(25-27)20(28)13-26-8-4-3-5-9-26/h7,10-11,14H,3-6,8-9,12-13H2,1-2H3. The van der Waals surface area contributed by atoms with Crippen LogP contribution in [0.3, 0.4) is 0 Å². The van der Waals surface area contributed by atoms with Crippen LogP contribution in [0, 0.1) is 12.8 Å². The Morgan fingerprint density at radius 2 is 2.10 bits per heavy atom. The minimum atomic E-state index is 0.138. The van der Waals surface area contributed by atoms with Crippen LogP contribution >= 0.6 is 22.9 Å². The van der Waals surface area contributed by atoms with E-state index in [-0.39, 0.29) is 5.78 Å². The van der Waals surface area contributed by atoms with E-state index in [1.54, 1.807) is 0 Å². The number of allylic oxidation sites excluding steroid dienone is 4. The van der Waals surface area contributed by atoms with Crippen molar-refractivity contribution in [1.29, 1.82) is 0 Å². The summed E-state index contributed by atoms with van der Waals surface area (Å²) in [4.78, 5) is 18.2. The highest BCUT2D eigenvalue weighted by Crippen LogP contribution is 2.45. The molecule has 1 saturated heterocycles. The highest BCUT2D eigenvalue weighted by Gasteiger charge is 2.34. The van der Waals surface area contributed by atoms with Crippen LogP contribution in [-0.2, 0) is 6.42 Å². The lowest BCUT2D eigenvalue weighted by atomic mass is 10.0. The molecule has 2 aliphatic carbocycles. The SMILES string of the molecule is Cc1cc2c(s1)Cc1c(C(=O)CN3CCCCC3)nn(C3=CCC(C)C=C3Cl)c1-2. The van der Waals surface area contributed by atoms with E-state index in [9.17, 15) is 4.79 Å². The van der Waals surface area contributed by atoms with Gasteiger partial charge in [0.05, 0.1) is 23.0 Å². The Morgan fingerprint density at radius 3 is 2.86 bits per heavy atom. The van der Waals surface area contributed by atoms with E-state index in [0.717, 1.165) is 47.9 Å². The number of Topliss-reactive ketones (excluding diaryl/α,β-unsaturated/α-hetero) is 1. The first-order valence-electron chi connectivity index (χ1n) is 10.6. The van der Waals surface area contributed by atoms with Crippen molar-refractivity contribution >= 4 is 34.4 Å². The summed E-state index contributed by atoms with van der Waals surface area (Å²) in [6.07, 6.45) is 9.63. The fourth-order valence-corrected chi connectivity index (χ4v) is 6.15. The number of aryl methyl sites for hydroxylation is 1. The number of hydrogen-bond acceptors (Lipinski definition) is 4. The van der Waals surface area contributed by atoms with Gasteiger partial charge in [0.15, 0.2) is 5.78 Å². The highest BCUT2D eigenvalue weighted by atomic mass is 35.5. The van der Waals surface area contributed by atoms with Gasteiger partial charge in [0.1, 0.15) is 5.69 Å². The van der Waals surface area contributed by atoms with Crippen molar-refractivity contribution in [2.24, 2.45) is 5.92 Å². The third kappa shape index (κ3) is 3.43. The average Bonchev–Trinajstić information content (AvgIpc) is 3.32. The van der Waals surface area contributed by atoms with E-state index in [2.05, 4.69) is 37.0 Å². The molecule has 3 heterocycles. The molecule has 0 N–H and O–H groups in total. The van der Waals surface area contributed by atoms with Gasteiger partial charge in [-0.15, -0.1) is 11.3 Å². The lowest BCUT2D eigenvalue weighted by Crippen LogP contribution is -2.34. The number of hydrogen-bond donors (Lipinski definition) is 0. The Hall–Kier alpha value is -1.69. The van der Waals surface area contributed by atoms with Crippen molar-refractivity contribution in [2.45, 2.75) is 46.0 Å². The second-order valence-electron chi connectivity index (χ2n) is 8.54. The molecule has 1 aliphatic heterocycles. The molecule has 2 aromatic rings. The smallest absolute Gasteiger partial charge is 0.197 e. The lowest BCUT2D eigenvalue weighted by molar-refractivity contribution is 0.0909. The van der Waals surface area contributed by atoms with Crippen LogP contribution in [0.2, 0.25) is 0 Å². The molecule has 2 aromatic heterocycles. The molecule has 29 heavy (non-hydrogen) atoms. The molecular weight excluding hydrogens is 402 g/mol. The molecule has 0 bridgehead atoms. The summed E-state index contributed by atoms with van der Waals surface area (Å²) in [6.45, 7) is 6.80. The van der Waals surface area contributed by atoms with Crippen LogP contribution in [0.25, 0.3) is 17.0 Å². The molecule has 0 aromatic carbocycles. The van der Waals surface area contributed by atoms with Gasteiger partial charge in [0, 0.05) is 27.3 Å². The zero-order chi connectivity index (χ0) is 20.1.